The second-order valence-corrected chi connectivity index (χ2v) is 6.12. The predicted octanol–water partition coefficient (Wildman–Crippen LogP) is 2.18. The van der Waals surface area contributed by atoms with E-state index < -0.39 is 0 Å². The number of aliphatic hydroxyl groups excluding tert-OH is 1. The lowest BCUT2D eigenvalue weighted by atomic mass is 10.2. The number of hydrogen-bond acceptors (Lipinski definition) is 3. The highest BCUT2D eigenvalue weighted by atomic mass is 32.1. The lowest BCUT2D eigenvalue weighted by Gasteiger charge is -2.11. The molecule has 1 N–H and O–H groups in total. The van der Waals surface area contributed by atoms with Gasteiger partial charge in [0.1, 0.15) is 0 Å². The zero-order valence-electron chi connectivity index (χ0n) is 11.8. The molecule has 0 fully saturated rings. The Labute approximate surface area is 127 Å². The van der Waals surface area contributed by atoms with E-state index in [0.717, 1.165) is 29.7 Å². The molecular formula is C17H17NO2S. The predicted molar refractivity (Wildman–Crippen MR) is 84.7 cm³/mol. The minimum atomic E-state index is 0.0679. The summed E-state index contributed by atoms with van der Waals surface area (Å²) in [6.45, 7) is 0.681. The van der Waals surface area contributed by atoms with E-state index in [9.17, 15) is 4.79 Å². The Morgan fingerprint density at radius 3 is 3.05 bits per heavy atom. The van der Waals surface area contributed by atoms with Crippen molar-refractivity contribution in [3.05, 3.63) is 55.6 Å². The van der Waals surface area contributed by atoms with Crippen LogP contribution in [0, 0.1) is 11.8 Å². The van der Waals surface area contributed by atoms with Crippen LogP contribution in [0.3, 0.4) is 0 Å². The first-order valence-corrected chi connectivity index (χ1v) is 8.05. The molecule has 3 rings (SSSR count). The average molecular weight is 299 g/mol. The summed E-state index contributed by atoms with van der Waals surface area (Å²) in [5.41, 5.74) is 3.53. The molecular weight excluding hydrogens is 282 g/mol. The van der Waals surface area contributed by atoms with E-state index in [1.807, 2.05) is 22.1 Å². The fourth-order valence-corrected chi connectivity index (χ4v) is 3.56. The fourth-order valence-electron chi connectivity index (χ4n) is 2.74. The number of fused-ring (bicyclic) bond motifs is 1. The van der Waals surface area contributed by atoms with Crippen LogP contribution in [0.2, 0.25) is 0 Å². The van der Waals surface area contributed by atoms with Crippen molar-refractivity contribution in [1.82, 2.24) is 4.57 Å². The smallest absolute Gasteiger partial charge is 0.251 e. The van der Waals surface area contributed by atoms with E-state index in [0.29, 0.717) is 13.0 Å². The lowest BCUT2D eigenvalue weighted by Crippen LogP contribution is -2.23. The summed E-state index contributed by atoms with van der Waals surface area (Å²) in [6, 6.07) is 5.63. The molecule has 1 aliphatic rings. The van der Waals surface area contributed by atoms with Gasteiger partial charge in [-0.15, -0.1) is 11.3 Å². The third-order valence-corrected chi connectivity index (χ3v) is 4.66. The van der Waals surface area contributed by atoms with Crippen LogP contribution >= 0.6 is 11.3 Å². The SMILES string of the molecule is O=c1ccc2c(n1Cc1sccc1C#CCCO)CCC2. The second kappa shape index (κ2) is 6.30. The van der Waals surface area contributed by atoms with Gasteiger partial charge in [0, 0.05) is 28.6 Å². The van der Waals surface area contributed by atoms with Crippen molar-refractivity contribution < 1.29 is 5.11 Å². The summed E-state index contributed by atoms with van der Waals surface area (Å²) < 4.78 is 1.89. The Balaban J connectivity index is 1.93. The first-order chi connectivity index (χ1) is 10.3. The molecule has 21 heavy (non-hydrogen) atoms. The Morgan fingerprint density at radius 1 is 1.29 bits per heavy atom. The molecule has 108 valence electrons. The van der Waals surface area contributed by atoms with Crippen LogP contribution in [0.15, 0.2) is 28.4 Å². The average Bonchev–Trinajstić information content (AvgIpc) is 3.11. The van der Waals surface area contributed by atoms with Crippen LogP contribution in [0.25, 0.3) is 0 Å². The molecule has 2 heterocycles. The molecule has 0 radical (unpaired) electrons. The van der Waals surface area contributed by atoms with Crippen LogP contribution in [0.1, 0.15) is 34.5 Å². The van der Waals surface area contributed by atoms with E-state index in [1.54, 1.807) is 17.4 Å². The Morgan fingerprint density at radius 2 is 2.19 bits per heavy atom. The van der Waals surface area contributed by atoms with Crippen LogP contribution in [0.5, 0.6) is 0 Å². The van der Waals surface area contributed by atoms with Gasteiger partial charge in [-0.25, -0.2) is 0 Å². The highest BCUT2D eigenvalue weighted by Gasteiger charge is 2.16. The number of hydrogen-bond donors (Lipinski definition) is 1. The molecule has 0 unspecified atom stereocenters. The van der Waals surface area contributed by atoms with Gasteiger partial charge in [0.2, 0.25) is 0 Å². The van der Waals surface area contributed by atoms with Crippen molar-refractivity contribution >= 4 is 11.3 Å². The molecule has 1 aliphatic carbocycles. The Hall–Kier alpha value is -1.83. The third kappa shape index (κ3) is 2.94. The summed E-state index contributed by atoms with van der Waals surface area (Å²) in [4.78, 5) is 13.3. The fraction of sp³-hybridized carbons (Fsp3) is 0.353. The van der Waals surface area contributed by atoms with Gasteiger partial charge in [0.25, 0.3) is 5.56 Å². The summed E-state index contributed by atoms with van der Waals surface area (Å²) in [5.74, 6) is 6.04. The van der Waals surface area contributed by atoms with Gasteiger partial charge in [0.15, 0.2) is 0 Å². The molecule has 3 nitrogen and oxygen atoms in total. The van der Waals surface area contributed by atoms with Gasteiger partial charge >= 0.3 is 0 Å². The van der Waals surface area contributed by atoms with Crippen molar-refractivity contribution in [2.75, 3.05) is 6.61 Å². The van der Waals surface area contributed by atoms with E-state index in [1.165, 1.54) is 11.3 Å². The van der Waals surface area contributed by atoms with Gasteiger partial charge < -0.3 is 9.67 Å². The summed E-state index contributed by atoms with van der Waals surface area (Å²) >= 11 is 1.63. The molecule has 0 saturated heterocycles. The van der Waals surface area contributed by atoms with Crippen molar-refractivity contribution in [2.45, 2.75) is 32.2 Å². The standard InChI is InChI=1S/C17H17NO2S/c19-10-2-1-4-14-9-11-21-16(14)12-18-15-6-3-5-13(15)7-8-17(18)20/h7-9,11,19H,2-3,5-6,10,12H2. The number of aromatic nitrogens is 1. The molecule has 0 bridgehead atoms. The molecule has 0 saturated carbocycles. The monoisotopic (exact) mass is 299 g/mol. The molecule has 0 spiro atoms. The number of nitrogens with zero attached hydrogens (tertiary/aromatic N) is 1. The first kappa shape index (κ1) is 14.1. The van der Waals surface area contributed by atoms with Crippen LogP contribution in [0.4, 0.5) is 0 Å². The normalized spacial score (nSPS) is 12.8. The van der Waals surface area contributed by atoms with Crippen molar-refractivity contribution in [2.24, 2.45) is 0 Å². The molecule has 4 heteroatoms. The molecule has 0 amide bonds. The lowest BCUT2D eigenvalue weighted by molar-refractivity contribution is 0.305. The minimum Gasteiger partial charge on any atom is -0.395 e. The van der Waals surface area contributed by atoms with Crippen molar-refractivity contribution in [3.8, 4) is 11.8 Å². The van der Waals surface area contributed by atoms with Crippen molar-refractivity contribution in [3.63, 3.8) is 0 Å². The summed E-state index contributed by atoms with van der Waals surface area (Å²) in [7, 11) is 0. The van der Waals surface area contributed by atoms with Gasteiger partial charge in [-0.1, -0.05) is 17.9 Å². The maximum atomic E-state index is 12.2. The Kier molecular flexibility index (Phi) is 4.23. The minimum absolute atomic E-state index is 0.0679. The molecule has 0 atom stereocenters. The number of pyridine rings is 1. The largest absolute Gasteiger partial charge is 0.395 e. The van der Waals surface area contributed by atoms with Crippen molar-refractivity contribution in [1.29, 1.82) is 0 Å². The number of rotatable bonds is 3. The van der Waals surface area contributed by atoms with Gasteiger partial charge in [-0.2, -0.15) is 0 Å². The quantitative estimate of drug-likeness (QED) is 0.883. The summed E-state index contributed by atoms with van der Waals surface area (Å²) in [6.07, 6.45) is 3.67. The third-order valence-electron chi connectivity index (χ3n) is 3.76. The highest BCUT2D eigenvalue weighted by molar-refractivity contribution is 7.10. The number of thiophene rings is 1. The van der Waals surface area contributed by atoms with Crippen LogP contribution in [-0.4, -0.2) is 16.3 Å². The van der Waals surface area contributed by atoms with Crippen LogP contribution < -0.4 is 5.56 Å². The highest BCUT2D eigenvalue weighted by Crippen LogP contribution is 2.23. The van der Waals surface area contributed by atoms with E-state index in [-0.39, 0.29) is 12.2 Å². The van der Waals surface area contributed by atoms with Crippen LogP contribution in [-0.2, 0) is 19.4 Å². The zero-order chi connectivity index (χ0) is 14.7. The summed E-state index contributed by atoms with van der Waals surface area (Å²) in [5, 5.41) is 10.8. The molecule has 0 aliphatic heterocycles. The molecule has 2 aromatic rings. The maximum absolute atomic E-state index is 12.2. The molecule has 2 aromatic heterocycles. The first-order valence-electron chi connectivity index (χ1n) is 7.17. The molecule has 0 aromatic carbocycles. The zero-order valence-corrected chi connectivity index (χ0v) is 12.6. The maximum Gasteiger partial charge on any atom is 0.251 e. The van der Waals surface area contributed by atoms with Gasteiger partial charge in [-0.3, -0.25) is 4.79 Å². The second-order valence-electron chi connectivity index (χ2n) is 5.12. The van der Waals surface area contributed by atoms with Gasteiger partial charge in [0.05, 0.1) is 13.2 Å². The van der Waals surface area contributed by atoms with Gasteiger partial charge in [-0.05, 0) is 36.3 Å². The van der Waals surface area contributed by atoms with E-state index in [2.05, 4.69) is 11.8 Å². The van der Waals surface area contributed by atoms with E-state index in [4.69, 9.17) is 5.11 Å². The van der Waals surface area contributed by atoms with E-state index >= 15 is 0 Å². The number of aliphatic hydroxyl groups is 1. The Bertz CT molecular complexity index is 761. The topological polar surface area (TPSA) is 42.2 Å². The number of aryl methyl sites for hydroxylation is 1.